The van der Waals surface area contributed by atoms with E-state index in [9.17, 15) is 27.6 Å². The molecule has 1 saturated heterocycles. The Labute approximate surface area is 221 Å². The number of piperidine rings is 1. The fourth-order valence-corrected chi connectivity index (χ4v) is 4.94. The second kappa shape index (κ2) is 10.2. The molecule has 3 rings (SSSR count). The van der Waals surface area contributed by atoms with Crippen molar-refractivity contribution < 1.29 is 32.3 Å². The monoisotopic (exact) mass is 538 g/mol. The summed E-state index contributed by atoms with van der Waals surface area (Å²) in [5.41, 5.74) is -2.38. The highest BCUT2D eigenvalue weighted by atomic mass is 19.4. The molecular weight excluding hydrogens is 501 g/mol. The molecule has 8 nitrogen and oxygen atoms in total. The zero-order valence-corrected chi connectivity index (χ0v) is 22.8. The number of nitrogens with zero attached hydrogens (tertiary/aromatic N) is 2. The molecule has 1 aliphatic carbocycles. The van der Waals surface area contributed by atoms with E-state index in [0.29, 0.717) is 24.8 Å². The van der Waals surface area contributed by atoms with Crippen molar-refractivity contribution in [2.45, 2.75) is 91.1 Å². The molecule has 0 bridgehead atoms. The molecule has 1 saturated carbocycles. The van der Waals surface area contributed by atoms with Crippen molar-refractivity contribution in [2.75, 3.05) is 11.9 Å². The Kier molecular flexibility index (Phi) is 7.92. The highest BCUT2D eigenvalue weighted by molar-refractivity contribution is 5.97. The van der Waals surface area contributed by atoms with Gasteiger partial charge in [-0.2, -0.15) is 13.2 Å². The van der Waals surface area contributed by atoms with Crippen molar-refractivity contribution in [2.24, 2.45) is 10.8 Å². The van der Waals surface area contributed by atoms with Crippen molar-refractivity contribution >= 4 is 23.7 Å². The average molecular weight is 539 g/mol. The van der Waals surface area contributed by atoms with Gasteiger partial charge in [-0.3, -0.25) is 14.5 Å². The van der Waals surface area contributed by atoms with Crippen LogP contribution >= 0.6 is 0 Å². The number of ether oxygens (including phenoxy) is 1. The number of hydrogen-bond donors (Lipinski definition) is 2. The van der Waals surface area contributed by atoms with Gasteiger partial charge < -0.3 is 15.4 Å². The van der Waals surface area contributed by atoms with Gasteiger partial charge in [-0.25, -0.2) is 9.78 Å². The Hall–Kier alpha value is -3.11. The third kappa shape index (κ3) is 6.85. The number of alkyl halides is 3. The number of aromatic nitrogens is 1. The van der Waals surface area contributed by atoms with Crippen molar-refractivity contribution in [3.05, 3.63) is 36.0 Å². The van der Waals surface area contributed by atoms with E-state index in [2.05, 4.69) is 22.2 Å². The summed E-state index contributed by atoms with van der Waals surface area (Å²) in [6, 6.07) is 0.740. The van der Waals surface area contributed by atoms with Gasteiger partial charge in [0.25, 0.3) is 0 Å². The van der Waals surface area contributed by atoms with Crippen LogP contribution in [0.15, 0.2) is 24.8 Å². The highest BCUT2D eigenvalue weighted by Crippen LogP contribution is 2.59. The summed E-state index contributed by atoms with van der Waals surface area (Å²) in [6.45, 7) is 14.6. The van der Waals surface area contributed by atoms with Crippen LogP contribution in [0.2, 0.25) is 0 Å². The van der Waals surface area contributed by atoms with Gasteiger partial charge in [-0.1, -0.05) is 26.0 Å². The number of pyridine rings is 1. The number of aryl methyl sites for hydroxylation is 1. The van der Waals surface area contributed by atoms with Crippen LogP contribution < -0.4 is 10.6 Å². The summed E-state index contributed by atoms with van der Waals surface area (Å²) in [5, 5.41) is 5.43. The summed E-state index contributed by atoms with van der Waals surface area (Å²) >= 11 is 0. The number of carbonyl (C=O) groups excluding carboxylic acids is 3. The normalized spacial score (nSPS) is 22.9. The van der Waals surface area contributed by atoms with Gasteiger partial charge in [-0.15, -0.1) is 6.58 Å². The molecule has 2 heterocycles. The van der Waals surface area contributed by atoms with E-state index in [1.54, 1.807) is 26.8 Å². The number of halogens is 3. The number of hydrogen-bond acceptors (Lipinski definition) is 5. The Morgan fingerprint density at radius 1 is 1.18 bits per heavy atom. The van der Waals surface area contributed by atoms with Crippen molar-refractivity contribution in [3.8, 4) is 0 Å². The molecule has 2 N–H and O–H groups in total. The minimum Gasteiger partial charge on any atom is -0.444 e. The largest absolute Gasteiger partial charge is 0.444 e. The Morgan fingerprint density at radius 3 is 2.42 bits per heavy atom. The molecule has 11 heteroatoms. The van der Waals surface area contributed by atoms with Crippen LogP contribution in [-0.2, 0) is 20.5 Å². The van der Waals surface area contributed by atoms with Crippen LogP contribution in [0.3, 0.4) is 0 Å². The number of amides is 3. The highest BCUT2D eigenvalue weighted by Gasteiger charge is 2.68. The van der Waals surface area contributed by atoms with E-state index in [1.807, 2.05) is 13.8 Å². The SMILES string of the molecule is C=CCC(C)(C)CC(=O)NC[C@@]12C[C@@H](C(=O)Nc3nc(C(F)(F)F)ccc3C)N(C(=O)OC(C)(C)C)[C@@H]1C2. The predicted molar refractivity (Wildman–Crippen MR) is 136 cm³/mol. The van der Waals surface area contributed by atoms with E-state index < -0.39 is 40.9 Å². The van der Waals surface area contributed by atoms with Gasteiger partial charge in [0.05, 0.1) is 0 Å². The maximum atomic E-state index is 13.3. The van der Waals surface area contributed by atoms with Gasteiger partial charge in [-0.05, 0) is 64.0 Å². The molecule has 0 spiro atoms. The molecule has 0 unspecified atom stereocenters. The first kappa shape index (κ1) is 29.4. The number of carbonyl (C=O) groups is 3. The van der Waals surface area contributed by atoms with E-state index in [1.165, 1.54) is 17.9 Å². The van der Waals surface area contributed by atoms with Crippen LogP contribution in [0.5, 0.6) is 0 Å². The van der Waals surface area contributed by atoms with E-state index in [-0.39, 0.29) is 36.1 Å². The molecule has 210 valence electrons. The lowest BCUT2D eigenvalue weighted by Crippen LogP contribution is -2.47. The molecule has 0 aromatic carbocycles. The zero-order valence-electron chi connectivity index (χ0n) is 22.8. The molecule has 1 aromatic rings. The standard InChI is InChI=1S/C27H37F3N4O4/c1-8-11-25(6,7)14-20(35)31-15-26-12-17(34(19(26)13-26)23(37)38-24(3,4)5)22(36)33-21-16(2)9-10-18(32-21)27(28,29)30/h8-10,17,19H,1,11-15H2,2-7H3,(H,31,35)(H,32,33,36)/t17-,19+,26-/m0/s1. The molecule has 1 aromatic heterocycles. The summed E-state index contributed by atoms with van der Waals surface area (Å²) in [6.07, 6.45) is -1.82. The summed E-state index contributed by atoms with van der Waals surface area (Å²) in [4.78, 5) is 44.0. The molecule has 2 aliphatic rings. The van der Waals surface area contributed by atoms with Gasteiger partial charge in [0, 0.05) is 24.4 Å². The maximum absolute atomic E-state index is 13.3. The molecule has 0 radical (unpaired) electrons. The van der Waals surface area contributed by atoms with Gasteiger partial charge >= 0.3 is 12.3 Å². The second-order valence-electron chi connectivity index (χ2n) is 12.1. The van der Waals surface area contributed by atoms with Crippen LogP contribution in [0, 0.1) is 17.8 Å². The summed E-state index contributed by atoms with van der Waals surface area (Å²) < 4.78 is 45.1. The molecular formula is C27H37F3N4O4. The minimum atomic E-state index is -4.67. The molecule has 3 atom stereocenters. The van der Waals surface area contributed by atoms with Crippen molar-refractivity contribution in [3.63, 3.8) is 0 Å². The topological polar surface area (TPSA) is 101 Å². The number of allylic oxidation sites excluding steroid dienone is 1. The Balaban J connectivity index is 1.79. The van der Waals surface area contributed by atoms with Gasteiger partial charge in [0.2, 0.25) is 11.8 Å². The lowest BCUT2D eigenvalue weighted by Gasteiger charge is -2.29. The zero-order chi connectivity index (χ0) is 28.7. The lowest BCUT2D eigenvalue weighted by molar-refractivity contribution is -0.141. The van der Waals surface area contributed by atoms with Crippen molar-refractivity contribution in [1.82, 2.24) is 15.2 Å². The fraction of sp³-hybridized carbons (Fsp3) is 0.630. The van der Waals surface area contributed by atoms with E-state index >= 15 is 0 Å². The summed E-state index contributed by atoms with van der Waals surface area (Å²) in [5.74, 6) is -1.02. The average Bonchev–Trinajstić information content (AvgIpc) is 3.35. The first-order chi connectivity index (χ1) is 17.4. The molecule has 38 heavy (non-hydrogen) atoms. The Morgan fingerprint density at radius 2 is 1.84 bits per heavy atom. The van der Waals surface area contributed by atoms with E-state index in [0.717, 1.165) is 6.07 Å². The number of nitrogens with one attached hydrogen (secondary N) is 2. The third-order valence-electron chi connectivity index (χ3n) is 6.93. The summed E-state index contributed by atoms with van der Waals surface area (Å²) in [7, 11) is 0. The van der Waals surface area contributed by atoms with Gasteiger partial charge in [0.1, 0.15) is 23.2 Å². The number of anilines is 1. The van der Waals surface area contributed by atoms with Crippen LogP contribution in [0.4, 0.5) is 23.8 Å². The number of fused-ring (bicyclic) bond motifs is 1. The fourth-order valence-electron chi connectivity index (χ4n) is 4.94. The molecule has 3 amide bonds. The van der Waals surface area contributed by atoms with Crippen LogP contribution in [-0.4, -0.2) is 52.0 Å². The van der Waals surface area contributed by atoms with Crippen molar-refractivity contribution in [1.29, 1.82) is 0 Å². The smallest absolute Gasteiger partial charge is 0.433 e. The third-order valence-corrected chi connectivity index (χ3v) is 6.93. The predicted octanol–water partition coefficient (Wildman–Crippen LogP) is 5.22. The quantitative estimate of drug-likeness (QED) is 0.442. The molecule has 1 aliphatic heterocycles. The van der Waals surface area contributed by atoms with Crippen LogP contribution in [0.25, 0.3) is 0 Å². The first-order valence-corrected chi connectivity index (χ1v) is 12.6. The minimum absolute atomic E-state index is 0.141. The maximum Gasteiger partial charge on any atom is 0.433 e. The van der Waals surface area contributed by atoms with Gasteiger partial charge in [0.15, 0.2) is 0 Å². The molecule has 2 fully saturated rings. The second-order valence-corrected chi connectivity index (χ2v) is 12.1. The lowest BCUT2D eigenvalue weighted by atomic mass is 9.85. The first-order valence-electron chi connectivity index (χ1n) is 12.6. The van der Waals surface area contributed by atoms with E-state index in [4.69, 9.17) is 4.74 Å². The number of likely N-dealkylation sites (tertiary alicyclic amines) is 1. The number of rotatable bonds is 8. The van der Waals surface area contributed by atoms with Crippen LogP contribution in [0.1, 0.15) is 71.6 Å². The Bertz CT molecular complexity index is 1110.